The van der Waals surface area contributed by atoms with Crippen molar-refractivity contribution in [3.8, 4) is 5.75 Å². The Balaban J connectivity index is 2.38. The zero-order valence-electron chi connectivity index (χ0n) is 9.71. The molecule has 0 saturated carbocycles. The van der Waals surface area contributed by atoms with Crippen molar-refractivity contribution in [2.24, 2.45) is 5.41 Å². The summed E-state index contributed by atoms with van der Waals surface area (Å²) in [6.45, 7) is 6.23. The van der Waals surface area contributed by atoms with E-state index in [9.17, 15) is 4.79 Å². The zero-order chi connectivity index (χ0) is 11.9. The van der Waals surface area contributed by atoms with Crippen molar-refractivity contribution in [1.82, 2.24) is 0 Å². The Labute approximate surface area is 101 Å². The molecule has 0 bridgehead atoms. The van der Waals surface area contributed by atoms with Crippen molar-refractivity contribution < 1.29 is 9.53 Å². The fraction of sp³-hybridized carbons (Fsp3) is 0.462. The first-order chi connectivity index (χ1) is 7.38. The number of fused-ring (bicyclic) bond motifs is 1. The maximum absolute atomic E-state index is 12.0. The van der Waals surface area contributed by atoms with Gasteiger partial charge < -0.3 is 4.74 Å². The molecule has 2 nitrogen and oxygen atoms in total. The molecule has 1 unspecified atom stereocenters. The van der Waals surface area contributed by atoms with Crippen molar-refractivity contribution in [1.29, 1.82) is 0 Å². The van der Waals surface area contributed by atoms with Crippen molar-refractivity contribution in [3.05, 3.63) is 28.8 Å². The van der Waals surface area contributed by atoms with Gasteiger partial charge in [-0.15, -0.1) is 0 Å². The van der Waals surface area contributed by atoms with Gasteiger partial charge in [-0.25, -0.2) is 0 Å². The van der Waals surface area contributed by atoms with E-state index in [0.717, 1.165) is 0 Å². The quantitative estimate of drug-likeness (QED) is 0.689. The molecule has 3 heteroatoms. The molecular formula is C13H15ClO2. The summed E-state index contributed by atoms with van der Waals surface area (Å²) >= 11 is 5.86. The van der Waals surface area contributed by atoms with Crippen LogP contribution in [0.5, 0.6) is 5.75 Å². The first kappa shape index (κ1) is 11.5. The lowest BCUT2D eigenvalue weighted by Gasteiger charge is -2.34. The Morgan fingerprint density at radius 1 is 1.38 bits per heavy atom. The highest BCUT2D eigenvalue weighted by Crippen LogP contribution is 2.35. The lowest BCUT2D eigenvalue weighted by atomic mass is 9.83. The van der Waals surface area contributed by atoms with Gasteiger partial charge in [0.1, 0.15) is 11.9 Å². The molecular weight excluding hydrogens is 224 g/mol. The van der Waals surface area contributed by atoms with Gasteiger partial charge in [-0.1, -0.05) is 32.4 Å². The van der Waals surface area contributed by atoms with E-state index in [2.05, 4.69) is 20.8 Å². The second-order valence-electron chi connectivity index (χ2n) is 5.24. The summed E-state index contributed by atoms with van der Waals surface area (Å²) in [4.78, 5) is 12.0. The predicted octanol–water partition coefficient (Wildman–Crippen LogP) is 3.72. The summed E-state index contributed by atoms with van der Waals surface area (Å²) in [5.41, 5.74) is 0.570. The Morgan fingerprint density at radius 2 is 2.06 bits per heavy atom. The van der Waals surface area contributed by atoms with E-state index in [1.165, 1.54) is 0 Å². The SMILES string of the molecule is CC(C)(C)C1CC(=O)c2cc(Cl)ccc2O1. The van der Waals surface area contributed by atoms with E-state index in [1.54, 1.807) is 18.2 Å². The average molecular weight is 239 g/mol. The summed E-state index contributed by atoms with van der Waals surface area (Å²) in [7, 11) is 0. The molecule has 0 N–H and O–H groups in total. The molecule has 16 heavy (non-hydrogen) atoms. The molecule has 0 spiro atoms. The van der Waals surface area contributed by atoms with Crippen molar-refractivity contribution in [2.75, 3.05) is 0 Å². The number of rotatable bonds is 0. The number of halogens is 1. The van der Waals surface area contributed by atoms with Crippen LogP contribution in [0.25, 0.3) is 0 Å². The summed E-state index contributed by atoms with van der Waals surface area (Å²) in [6, 6.07) is 5.20. The van der Waals surface area contributed by atoms with E-state index >= 15 is 0 Å². The van der Waals surface area contributed by atoms with Crippen LogP contribution in [0.1, 0.15) is 37.6 Å². The molecule has 0 amide bonds. The van der Waals surface area contributed by atoms with Gasteiger partial charge in [0.05, 0.1) is 5.56 Å². The Hall–Kier alpha value is -1.02. The number of ketones is 1. The number of benzene rings is 1. The Bertz CT molecular complexity index is 432. The van der Waals surface area contributed by atoms with Gasteiger partial charge in [0, 0.05) is 11.4 Å². The maximum atomic E-state index is 12.0. The largest absolute Gasteiger partial charge is 0.489 e. The smallest absolute Gasteiger partial charge is 0.170 e. The summed E-state index contributed by atoms with van der Waals surface area (Å²) in [5.74, 6) is 0.768. The highest BCUT2D eigenvalue weighted by atomic mass is 35.5. The van der Waals surface area contributed by atoms with Gasteiger partial charge in [-0.3, -0.25) is 4.79 Å². The summed E-state index contributed by atoms with van der Waals surface area (Å²) in [6.07, 6.45) is 0.366. The molecule has 1 aromatic rings. The van der Waals surface area contributed by atoms with Gasteiger partial charge in [-0.05, 0) is 23.6 Å². The maximum Gasteiger partial charge on any atom is 0.170 e. The molecule has 2 rings (SSSR count). The van der Waals surface area contributed by atoms with Crippen molar-refractivity contribution in [3.63, 3.8) is 0 Å². The number of Topliss-reactive ketones (excluding diaryl/α,β-unsaturated/α-hetero) is 1. The third-order valence-corrected chi connectivity index (χ3v) is 3.08. The molecule has 1 aromatic carbocycles. The average Bonchev–Trinajstić information content (AvgIpc) is 2.17. The van der Waals surface area contributed by atoms with E-state index in [1.807, 2.05) is 0 Å². The topological polar surface area (TPSA) is 26.3 Å². The van der Waals surface area contributed by atoms with Crippen LogP contribution in [-0.2, 0) is 0 Å². The van der Waals surface area contributed by atoms with Gasteiger partial charge in [0.2, 0.25) is 0 Å². The minimum Gasteiger partial charge on any atom is -0.489 e. The van der Waals surface area contributed by atoms with E-state index < -0.39 is 0 Å². The van der Waals surface area contributed by atoms with Gasteiger partial charge in [0.25, 0.3) is 0 Å². The van der Waals surface area contributed by atoms with Crippen LogP contribution in [0.15, 0.2) is 18.2 Å². The van der Waals surface area contributed by atoms with Gasteiger partial charge in [-0.2, -0.15) is 0 Å². The molecule has 86 valence electrons. The second kappa shape index (κ2) is 3.77. The molecule has 1 aliphatic heterocycles. The first-order valence-electron chi connectivity index (χ1n) is 5.37. The zero-order valence-corrected chi connectivity index (χ0v) is 10.5. The fourth-order valence-electron chi connectivity index (χ4n) is 1.78. The Morgan fingerprint density at radius 3 is 2.69 bits per heavy atom. The molecule has 0 aromatic heterocycles. The third-order valence-electron chi connectivity index (χ3n) is 2.85. The number of hydrogen-bond donors (Lipinski definition) is 0. The minimum atomic E-state index is -0.0614. The van der Waals surface area contributed by atoms with Crippen LogP contribution < -0.4 is 4.74 Å². The molecule has 1 aliphatic rings. The highest BCUT2D eigenvalue weighted by molar-refractivity contribution is 6.31. The predicted molar refractivity (Wildman–Crippen MR) is 64.3 cm³/mol. The number of carbonyl (C=O) groups is 1. The van der Waals surface area contributed by atoms with Crippen LogP contribution in [-0.4, -0.2) is 11.9 Å². The number of ether oxygens (including phenoxy) is 1. The van der Waals surface area contributed by atoms with Gasteiger partial charge >= 0.3 is 0 Å². The van der Waals surface area contributed by atoms with Crippen LogP contribution in [0.4, 0.5) is 0 Å². The van der Waals surface area contributed by atoms with Crippen LogP contribution in [0.3, 0.4) is 0 Å². The second-order valence-corrected chi connectivity index (χ2v) is 5.68. The first-order valence-corrected chi connectivity index (χ1v) is 5.75. The molecule has 0 fully saturated rings. The number of carbonyl (C=O) groups excluding carboxylic acids is 1. The lowest BCUT2D eigenvalue weighted by Crippen LogP contribution is -2.37. The summed E-state index contributed by atoms with van der Waals surface area (Å²) in [5, 5.41) is 0.574. The van der Waals surface area contributed by atoms with E-state index in [4.69, 9.17) is 16.3 Å². The molecule has 1 heterocycles. The standard InChI is InChI=1S/C13H15ClO2/c1-13(2,3)12-7-10(15)9-6-8(14)4-5-11(9)16-12/h4-6,12H,7H2,1-3H3. The summed E-state index contributed by atoms with van der Waals surface area (Å²) < 4.78 is 5.84. The van der Waals surface area contributed by atoms with E-state index in [-0.39, 0.29) is 17.3 Å². The molecule has 0 aliphatic carbocycles. The third kappa shape index (κ3) is 2.07. The Kier molecular flexibility index (Phi) is 2.70. The fourth-order valence-corrected chi connectivity index (χ4v) is 1.95. The normalized spacial score (nSPS) is 20.2. The van der Waals surface area contributed by atoms with E-state index in [0.29, 0.717) is 22.8 Å². The molecule has 1 atom stereocenters. The number of hydrogen-bond acceptors (Lipinski definition) is 2. The molecule has 0 radical (unpaired) electrons. The van der Waals surface area contributed by atoms with Crippen LogP contribution in [0.2, 0.25) is 5.02 Å². The lowest BCUT2D eigenvalue weighted by molar-refractivity contribution is 0.0544. The van der Waals surface area contributed by atoms with Crippen LogP contribution in [0, 0.1) is 5.41 Å². The highest BCUT2D eigenvalue weighted by Gasteiger charge is 2.34. The molecule has 0 saturated heterocycles. The van der Waals surface area contributed by atoms with Crippen molar-refractivity contribution >= 4 is 17.4 Å². The van der Waals surface area contributed by atoms with Crippen molar-refractivity contribution in [2.45, 2.75) is 33.3 Å². The minimum absolute atomic E-state index is 0.0347. The van der Waals surface area contributed by atoms with Crippen LogP contribution >= 0.6 is 11.6 Å². The monoisotopic (exact) mass is 238 g/mol. The van der Waals surface area contributed by atoms with Gasteiger partial charge in [0.15, 0.2) is 5.78 Å².